The quantitative estimate of drug-likeness (QED) is 0.823. The predicted octanol–water partition coefficient (Wildman–Crippen LogP) is 1.30. The van der Waals surface area contributed by atoms with Crippen molar-refractivity contribution in [2.24, 2.45) is 0 Å². The highest BCUT2D eigenvalue weighted by atomic mass is 35.5. The number of allylic oxidation sites excluding steroid dienone is 1. The molecular formula is C9H8ClNO3. The number of aromatic nitrogens is 1. The molecule has 5 heteroatoms. The Morgan fingerprint density at radius 3 is 2.71 bits per heavy atom. The fraction of sp³-hybridized carbons (Fsp3) is 0.111. The maximum atomic E-state index is 11.2. The molecule has 1 rings (SSSR count). The van der Waals surface area contributed by atoms with E-state index in [-0.39, 0.29) is 22.7 Å². The van der Waals surface area contributed by atoms with Gasteiger partial charge in [-0.05, 0) is 6.07 Å². The summed E-state index contributed by atoms with van der Waals surface area (Å²) in [7, 11) is 0. The molecule has 0 radical (unpaired) electrons. The van der Waals surface area contributed by atoms with Crippen LogP contribution in [0, 0.1) is 0 Å². The molecule has 1 heterocycles. The number of halogens is 1. The molecule has 0 fully saturated rings. The molecule has 1 aromatic heterocycles. The first-order valence-electron chi connectivity index (χ1n) is 3.78. The normalized spacial score (nSPS) is 9.79. The summed E-state index contributed by atoms with van der Waals surface area (Å²) in [6, 6.07) is 2.43. The van der Waals surface area contributed by atoms with Crippen LogP contribution in [0.1, 0.15) is 10.4 Å². The van der Waals surface area contributed by atoms with Gasteiger partial charge in [-0.1, -0.05) is 18.2 Å². The molecule has 0 amide bonds. The monoisotopic (exact) mass is 213 g/mol. The number of carboxylic acids is 1. The zero-order chi connectivity index (χ0) is 10.7. The summed E-state index contributed by atoms with van der Waals surface area (Å²) in [5, 5.41) is 8.94. The maximum Gasteiger partial charge on any atom is 0.337 e. The summed E-state index contributed by atoms with van der Waals surface area (Å²) in [5.41, 5.74) is -0.265. The van der Waals surface area contributed by atoms with E-state index in [4.69, 9.17) is 16.7 Å². The average Bonchev–Trinajstić information content (AvgIpc) is 2.07. The molecule has 0 aliphatic rings. The minimum atomic E-state index is -1.08. The van der Waals surface area contributed by atoms with Gasteiger partial charge in [-0.2, -0.15) is 0 Å². The van der Waals surface area contributed by atoms with Crippen LogP contribution in [0.5, 0.6) is 0 Å². The number of pyridine rings is 1. The smallest absolute Gasteiger partial charge is 0.337 e. The first-order valence-corrected chi connectivity index (χ1v) is 4.15. The van der Waals surface area contributed by atoms with Gasteiger partial charge in [-0.3, -0.25) is 4.79 Å². The standard InChI is InChI=1S/C9H8ClNO3/c1-6(10)4-11-5-7(9(13)14)2-3-8(11)12/h2-3,5H,1,4H2,(H,13,14). The lowest BCUT2D eigenvalue weighted by Crippen LogP contribution is -2.20. The van der Waals surface area contributed by atoms with Gasteiger partial charge in [-0.15, -0.1) is 0 Å². The minimum Gasteiger partial charge on any atom is -0.478 e. The predicted molar refractivity (Wildman–Crippen MR) is 52.7 cm³/mol. The highest BCUT2D eigenvalue weighted by molar-refractivity contribution is 6.29. The molecule has 14 heavy (non-hydrogen) atoms. The molecule has 74 valence electrons. The largest absolute Gasteiger partial charge is 0.478 e. The third-order valence-corrected chi connectivity index (χ3v) is 1.69. The molecule has 0 aromatic carbocycles. The molecule has 4 nitrogen and oxygen atoms in total. The molecule has 0 saturated heterocycles. The molecule has 0 aliphatic heterocycles. The second kappa shape index (κ2) is 4.11. The van der Waals surface area contributed by atoms with Gasteiger partial charge in [0.25, 0.3) is 5.56 Å². The number of nitrogens with zero attached hydrogens (tertiary/aromatic N) is 1. The Morgan fingerprint density at radius 1 is 1.57 bits per heavy atom. The molecule has 1 N–H and O–H groups in total. The lowest BCUT2D eigenvalue weighted by atomic mass is 10.3. The van der Waals surface area contributed by atoms with E-state index in [0.29, 0.717) is 0 Å². The summed E-state index contributed by atoms with van der Waals surface area (Å²) in [4.78, 5) is 21.8. The lowest BCUT2D eigenvalue weighted by molar-refractivity contribution is 0.0696. The number of rotatable bonds is 3. The van der Waals surface area contributed by atoms with Crippen molar-refractivity contribution >= 4 is 17.6 Å². The summed E-state index contributed by atoms with van der Waals surface area (Å²) >= 11 is 5.51. The molecule has 1 aromatic rings. The summed E-state index contributed by atoms with van der Waals surface area (Å²) in [6.07, 6.45) is 1.23. The summed E-state index contributed by atoms with van der Waals surface area (Å²) in [5.74, 6) is -1.08. The Morgan fingerprint density at radius 2 is 2.21 bits per heavy atom. The van der Waals surface area contributed by atoms with Crippen molar-refractivity contribution in [2.45, 2.75) is 6.54 Å². The molecular weight excluding hydrogens is 206 g/mol. The van der Waals surface area contributed by atoms with Gasteiger partial charge in [0.1, 0.15) is 0 Å². The fourth-order valence-corrected chi connectivity index (χ4v) is 1.10. The van der Waals surface area contributed by atoms with Crippen molar-refractivity contribution in [3.8, 4) is 0 Å². The Bertz CT molecular complexity index is 436. The van der Waals surface area contributed by atoms with E-state index in [1.54, 1.807) is 0 Å². The van der Waals surface area contributed by atoms with Crippen molar-refractivity contribution in [3.05, 3.63) is 45.9 Å². The Balaban J connectivity index is 3.15. The van der Waals surface area contributed by atoms with Crippen molar-refractivity contribution in [1.82, 2.24) is 4.57 Å². The van der Waals surface area contributed by atoms with E-state index in [2.05, 4.69) is 6.58 Å². The number of hydrogen-bond acceptors (Lipinski definition) is 2. The van der Waals surface area contributed by atoms with Gasteiger partial charge >= 0.3 is 5.97 Å². The third-order valence-electron chi connectivity index (χ3n) is 1.57. The third kappa shape index (κ3) is 2.47. The van der Waals surface area contributed by atoms with Gasteiger partial charge < -0.3 is 9.67 Å². The highest BCUT2D eigenvalue weighted by Gasteiger charge is 2.05. The molecule has 0 atom stereocenters. The average molecular weight is 214 g/mol. The van der Waals surface area contributed by atoms with Gasteiger partial charge in [-0.25, -0.2) is 4.79 Å². The molecule has 0 aliphatic carbocycles. The van der Waals surface area contributed by atoms with E-state index in [1.165, 1.54) is 22.9 Å². The Kier molecular flexibility index (Phi) is 3.09. The number of carboxylic acid groups (broad SMARTS) is 1. The van der Waals surface area contributed by atoms with E-state index >= 15 is 0 Å². The number of aromatic carboxylic acids is 1. The highest BCUT2D eigenvalue weighted by Crippen LogP contribution is 2.01. The van der Waals surface area contributed by atoms with Crippen LogP contribution in [0.4, 0.5) is 0 Å². The molecule has 0 saturated carbocycles. The van der Waals surface area contributed by atoms with E-state index in [0.717, 1.165) is 0 Å². The van der Waals surface area contributed by atoms with Gasteiger partial charge in [0.05, 0.1) is 12.1 Å². The zero-order valence-electron chi connectivity index (χ0n) is 7.24. The first kappa shape index (κ1) is 10.5. The van der Waals surface area contributed by atoms with E-state index in [1.807, 2.05) is 0 Å². The number of carbonyl (C=O) groups is 1. The van der Waals surface area contributed by atoms with E-state index < -0.39 is 5.97 Å². The minimum absolute atomic E-state index is 0.0440. The summed E-state index contributed by atoms with van der Waals surface area (Å²) in [6.45, 7) is 3.54. The second-order valence-electron chi connectivity index (χ2n) is 2.71. The Hall–Kier alpha value is -1.55. The topological polar surface area (TPSA) is 59.3 Å². The van der Waals surface area contributed by atoms with Crippen LogP contribution in [0.2, 0.25) is 0 Å². The lowest BCUT2D eigenvalue weighted by Gasteiger charge is -2.04. The first-order chi connectivity index (χ1) is 6.50. The second-order valence-corrected chi connectivity index (χ2v) is 3.24. The van der Waals surface area contributed by atoms with Crippen molar-refractivity contribution in [1.29, 1.82) is 0 Å². The van der Waals surface area contributed by atoms with Crippen LogP contribution < -0.4 is 5.56 Å². The van der Waals surface area contributed by atoms with Gasteiger partial charge in [0.2, 0.25) is 0 Å². The van der Waals surface area contributed by atoms with E-state index in [9.17, 15) is 9.59 Å². The van der Waals surface area contributed by atoms with Crippen LogP contribution in [0.15, 0.2) is 34.7 Å². The van der Waals surface area contributed by atoms with Crippen LogP contribution in [-0.2, 0) is 6.54 Å². The summed E-state index contributed by atoms with van der Waals surface area (Å²) < 4.78 is 1.19. The van der Waals surface area contributed by atoms with Crippen LogP contribution in [-0.4, -0.2) is 15.6 Å². The van der Waals surface area contributed by atoms with Crippen LogP contribution >= 0.6 is 11.6 Å². The Labute approximate surface area is 85.1 Å². The van der Waals surface area contributed by atoms with Gasteiger partial charge in [0, 0.05) is 17.3 Å². The molecule has 0 unspecified atom stereocenters. The van der Waals surface area contributed by atoms with Gasteiger partial charge in [0.15, 0.2) is 0 Å². The maximum absolute atomic E-state index is 11.2. The SMILES string of the molecule is C=C(Cl)Cn1cc(C(=O)O)ccc1=O. The number of hydrogen-bond donors (Lipinski definition) is 1. The zero-order valence-corrected chi connectivity index (χ0v) is 7.99. The van der Waals surface area contributed by atoms with Crippen molar-refractivity contribution in [2.75, 3.05) is 0 Å². The molecule has 0 spiro atoms. The fourth-order valence-electron chi connectivity index (χ4n) is 0.966. The van der Waals surface area contributed by atoms with Crippen LogP contribution in [0.25, 0.3) is 0 Å². The molecule has 0 bridgehead atoms. The van der Waals surface area contributed by atoms with Crippen LogP contribution in [0.3, 0.4) is 0 Å². The van der Waals surface area contributed by atoms with Crippen molar-refractivity contribution < 1.29 is 9.90 Å². The van der Waals surface area contributed by atoms with Crippen molar-refractivity contribution in [3.63, 3.8) is 0 Å².